The van der Waals surface area contributed by atoms with E-state index in [9.17, 15) is 31.1 Å². The third-order valence-electron chi connectivity index (χ3n) is 7.86. The van der Waals surface area contributed by atoms with Crippen molar-refractivity contribution in [3.05, 3.63) is 108 Å². The zero-order valence-corrected chi connectivity index (χ0v) is 25.4. The number of carbonyl (C=O) groups is 1. The van der Waals surface area contributed by atoms with E-state index in [2.05, 4.69) is 10.3 Å². The zero-order valence-electron chi connectivity index (χ0n) is 25.4. The lowest BCUT2D eigenvalue weighted by Gasteiger charge is -2.35. The lowest BCUT2D eigenvalue weighted by Crippen LogP contribution is -2.50. The molecule has 1 aliphatic heterocycles. The van der Waals surface area contributed by atoms with E-state index >= 15 is 0 Å². The fraction of sp³-hybridized carbons (Fsp3) is 0.206. The first-order valence-corrected chi connectivity index (χ1v) is 14.8. The molecule has 2 amide bonds. The van der Waals surface area contributed by atoms with Crippen LogP contribution in [0.5, 0.6) is 5.75 Å². The van der Waals surface area contributed by atoms with E-state index in [4.69, 9.17) is 9.84 Å². The summed E-state index contributed by atoms with van der Waals surface area (Å²) in [5.41, 5.74) is 0.510. The number of aromatic nitrogens is 3. The molecule has 0 radical (unpaired) electrons. The highest BCUT2D eigenvalue weighted by Gasteiger charge is 2.37. The van der Waals surface area contributed by atoms with Gasteiger partial charge in [0.05, 0.1) is 23.9 Å². The lowest BCUT2D eigenvalue weighted by atomic mass is 10.0. The molecule has 0 aliphatic carbocycles. The van der Waals surface area contributed by atoms with Crippen LogP contribution in [-0.4, -0.2) is 59.0 Å². The van der Waals surface area contributed by atoms with Gasteiger partial charge >= 0.3 is 18.4 Å². The van der Waals surface area contributed by atoms with Gasteiger partial charge in [0, 0.05) is 55.4 Å². The molecule has 6 rings (SSSR count). The van der Waals surface area contributed by atoms with Gasteiger partial charge in [-0.2, -0.15) is 31.4 Å². The molecule has 0 bridgehead atoms. The summed E-state index contributed by atoms with van der Waals surface area (Å²) in [6.45, 7) is 0.965. The van der Waals surface area contributed by atoms with Gasteiger partial charge in [-0.3, -0.25) is 0 Å². The Morgan fingerprint density at radius 3 is 2.12 bits per heavy atom. The largest absolute Gasteiger partial charge is 0.497 e. The van der Waals surface area contributed by atoms with Crippen molar-refractivity contribution in [3.63, 3.8) is 0 Å². The summed E-state index contributed by atoms with van der Waals surface area (Å²) >= 11 is 0. The molecule has 0 saturated carbocycles. The molecule has 48 heavy (non-hydrogen) atoms. The Balaban J connectivity index is 1.21. The highest BCUT2D eigenvalue weighted by molar-refractivity contribution is 5.90. The number of amides is 2. The molecular weight excluding hydrogens is 638 g/mol. The van der Waals surface area contributed by atoms with Gasteiger partial charge in [0.25, 0.3) is 0 Å². The maximum Gasteiger partial charge on any atom is 0.416 e. The fourth-order valence-electron chi connectivity index (χ4n) is 5.41. The molecule has 8 nitrogen and oxygen atoms in total. The van der Waals surface area contributed by atoms with Gasteiger partial charge in [-0.25, -0.2) is 14.5 Å². The Kier molecular flexibility index (Phi) is 8.73. The van der Waals surface area contributed by atoms with Crippen LogP contribution in [0.1, 0.15) is 11.1 Å². The predicted molar refractivity (Wildman–Crippen MR) is 168 cm³/mol. The molecule has 3 heterocycles. The summed E-state index contributed by atoms with van der Waals surface area (Å²) < 4.78 is 86.9. The van der Waals surface area contributed by atoms with Crippen molar-refractivity contribution < 1.29 is 35.9 Å². The van der Waals surface area contributed by atoms with Crippen LogP contribution in [0.25, 0.3) is 28.1 Å². The Hall–Kier alpha value is -5.53. The van der Waals surface area contributed by atoms with Crippen LogP contribution >= 0.6 is 0 Å². The predicted octanol–water partition coefficient (Wildman–Crippen LogP) is 8.00. The first kappa shape index (κ1) is 32.4. The summed E-state index contributed by atoms with van der Waals surface area (Å²) in [6.07, 6.45) is -6.44. The molecular formula is C34H28F6N6O2. The molecule has 0 spiro atoms. The molecule has 1 aliphatic rings. The summed E-state index contributed by atoms with van der Waals surface area (Å²) in [5, 5.41) is 7.10. The third-order valence-corrected chi connectivity index (χ3v) is 7.86. The van der Waals surface area contributed by atoms with Crippen LogP contribution < -0.4 is 15.0 Å². The van der Waals surface area contributed by atoms with Crippen LogP contribution in [0.4, 0.5) is 42.6 Å². The molecule has 0 atom stereocenters. The second-order valence-corrected chi connectivity index (χ2v) is 11.0. The number of anilines is 2. The van der Waals surface area contributed by atoms with Crippen molar-refractivity contribution in [1.82, 2.24) is 19.7 Å². The molecule has 1 saturated heterocycles. The lowest BCUT2D eigenvalue weighted by molar-refractivity contribution is -0.143. The van der Waals surface area contributed by atoms with Crippen LogP contribution in [0.2, 0.25) is 0 Å². The Labute approximate surface area is 271 Å². The minimum Gasteiger partial charge on any atom is -0.497 e. The highest BCUT2D eigenvalue weighted by atomic mass is 19.4. The molecule has 14 heteroatoms. The van der Waals surface area contributed by atoms with Crippen LogP contribution in [-0.2, 0) is 12.4 Å². The number of halogens is 6. The van der Waals surface area contributed by atoms with Crippen LogP contribution in [0, 0.1) is 0 Å². The maximum atomic E-state index is 13.3. The van der Waals surface area contributed by atoms with Gasteiger partial charge in [0.1, 0.15) is 17.3 Å². The average Bonchev–Trinajstić information content (AvgIpc) is 3.54. The van der Waals surface area contributed by atoms with Crippen molar-refractivity contribution in [3.8, 4) is 33.8 Å². The number of hydrogen-bond donors (Lipinski definition) is 1. The van der Waals surface area contributed by atoms with E-state index in [-0.39, 0.29) is 19.2 Å². The molecule has 1 fully saturated rings. The minimum absolute atomic E-state index is 0.0157. The number of piperazine rings is 1. The second-order valence-electron chi connectivity index (χ2n) is 11.0. The minimum atomic E-state index is -5.02. The normalized spacial score (nSPS) is 13.8. The topological polar surface area (TPSA) is 75.5 Å². The van der Waals surface area contributed by atoms with Gasteiger partial charge in [-0.05, 0) is 60.2 Å². The van der Waals surface area contributed by atoms with E-state index in [0.29, 0.717) is 36.8 Å². The maximum absolute atomic E-state index is 13.3. The number of hydrogen-bond acceptors (Lipinski definition) is 5. The van der Waals surface area contributed by atoms with Crippen molar-refractivity contribution in [1.29, 1.82) is 0 Å². The number of ether oxygens (including phenoxy) is 1. The Morgan fingerprint density at radius 2 is 1.48 bits per heavy atom. The monoisotopic (exact) mass is 666 g/mol. The third kappa shape index (κ3) is 7.06. The standard InChI is InChI=1S/C34H28F6N6O2/c1-48-28-9-5-6-23(16-28)31-29(21-46(43-31)27-7-3-2-4-8-27)22-10-11-41-30(17-22)44-12-14-45(15-13-44)32(47)42-26-19-24(33(35,36)37)18-25(20-26)34(38,39)40/h2-11,16-21H,12-15H2,1H3,(H,42,47). The van der Waals surface area contributed by atoms with Crippen molar-refractivity contribution >= 4 is 17.5 Å². The number of benzene rings is 3. The number of pyridine rings is 1. The number of methoxy groups -OCH3 is 1. The van der Waals surface area contributed by atoms with Crippen molar-refractivity contribution in [2.75, 3.05) is 43.5 Å². The first-order chi connectivity index (χ1) is 22.9. The Bertz CT molecular complexity index is 1890. The number of rotatable bonds is 6. The first-order valence-electron chi connectivity index (χ1n) is 14.8. The summed E-state index contributed by atoms with van der Waals surface area (Å²) in [5.74, 6) is 1.31. The number of nitrogens with zero attached hydrogens (tertiary/aromatic N) is 5. The van der Waals surface area contributed by atoms with E-state index in [1.807, 2.05) is 77.8 Å². The van der Waals surface area contributed by atoms with Crippen molar-refractivity contribution in [2.45, 2.75) is 12.4 Å². The molecule has 0 unspecified atom stereocenters. The van der Waals surface area contributed by atoms with Crippen LogP contribution in [0.3, 0.4) is 0 Å². The summed E-state index contributed by atoms with van der Waals surface area (Å²) in [4.78, 5) is 20.7. The van der Waals surface area contributed by atoms with E-state index in [1.165, 1.54) is 4.90 Å². The van der Waals surface area contributed by atoms with Gasteiger partial charge in [-0.15, -0.1) is 0 Å². The average molecular weight is 667 g/mol. The van der Waals surface area contributed by atoms with E-state index in [0.717, 1.165) is 28.1 Å². The van der Waals surface area contributed by atoms with Crippen molar-refractivity contribution in [2.24, 2.45) is 0 Å². The quantitative estimate of drug-likeness (QED) is 0.186. The zero-order chi connectivity index (χ0) is 34.1. The number of nitrogens with one attached hydrogen (secondary N) is 1. The van der Waals surface area contributed by atoms with E-state index in [1.54, 1.807) is 18.0 Å². The molecule has 2 aromatic heterocycles. The summed E-state index contributed by atoms with van der Waals surface area (Å²) in [7, 11) is 1.59. The van der Waals surface area contributed by atoms with Gasteiger partial charge in [-0.1, -0.05) is 30.3 Å². The smallest absolute Gasteiger partial charge is 0.416 e. The Morgan fingerprint density at radius 1 is 0.792 bits per heavy atom. The van der Waals surface area contributed by atoms with Gasteiger partial charge < -0.3 is 19.9 Å². The molecule has 5 aromatic rings. The molecule has 1 N–H and O–H groups in total. The fourth-order valence-corrected chi connectivity index (χ4v) is 5.41. The molecule has 3 aromatic carbocycles. The van der Waals surface area contributed by atoms with Gasteiger partial charge in [0.2, 0.25) is 0 Å². The number of urea groups is 1. The summed E-state index contributed by atoms with van der Waals surface area (Å²) in [6, 6.07) is 21.2. The number of carbonyl (C=O) groups excluding carboxylic acids is 1. The highest BCUT2D eigenvalue weighted by Crippen LogP contribution is 2.38. The number of para-hydroxylation sites is 1. The van der Waals surface area contributed by atoms with E-state index < -0.39 is 35.2 Å². The second kappa shape index (κ2) is 12.9. The number of alkyl halides is 6. The molecule has 248 valence electrons. The van der Waals surface area contributed by atoms with Crippen LogP contribution in [0.15, 0.2) is 97.3 Å². The van der Waals surface area contributed by atoms with Gasteiger partial charge in [0.15, 0.2) is 0 Å². The SMILES string of the molecule is COc1cccc(-c2nn(-c3ccccc3)cc2-c2ccnc(N3CCN(C(=O)Nc4cc(C(F)(F)F)cc(C(F)(F)F)c4)CC3)c2)c1.